The maximum absolute atomic E-state index is 5.05. The molecule has 2 aromatic rings. The van der Waals surface area contributed by atoms with E-state index in [9.17, 15) is 0 Å². The number of nitrogens with zero attached hydrogens (tertiary/aromatic N) is 2. The quantitative estimate of drug-likeness (QED) is 0.942. The minimum atomic E-state index is 0.220. The van der Waals surface area contributed by atoms with Gasteiger partial charge in [0.05, 0.1) is 6.54 Å². The van der Waals surface area contributed by atoms with E-state index in [1.165, 1.54) is 5.56 Å². The van der Waals surface area contributed by atoms with Gasteiger partial charge in [-0.1, -0.05) is 39.3 Å². The molecule has 17 heavy (non-hydrogen) atoms. The molecule has 0 bridgehead atoms. The molecule has 0 aliphatic carbocycles. The van der Waals surface area contributed by atoms with Crippen molar-refractivity contribution in [3.05, 3.63) is 46.0 Å². The fourth-order valence-electron chi connectivity index (χ4n) is 1.59. The van der Waals surface area contributed by atoms with Crippen LogP contribution >= 0.6 is 15.9 Å². The van der Waals surface area contributed by atoms with Gasteiger partial charge in [-0.2, -0.15) is 4.98 Å². The summed E-state index contributed by atoms with van der Waals surface area (Å²) >= 11 is 3.54. The number of rotatable bonds is 4. The summed E-state index contributed by atoms with van der Waals surface area (Å²) in [7, 11) is 0. The average molecular weight is 296 g/mol. The van der Waals surface area contributed by atoms with E-state index < -0.39 is 0 Å². The van der Waals surface area contributed by atoms with Gasteiger partial charge in [0.25, 0.3) is 0 Å². The van der Waals surface area contributed by atoms with Gasteiger partial charge in [-0.3, -0.25) is 0 Å². The largest absolute Gasteiger partial charge is 0.338 e. The lowest BCUT2D eigenvalue weighted by Gasteiger charge is -2.14. The third kappa shape index (κ3) is 3.14. The van der Waals surface area contributed by atoms with E-state index >= 15 is 0 Å². The Morgan fingerprint density at radius 1 is 1.41 bits per heavy atom. The van der Waals surface area contributed by atoms with Crippen LogP contribution in [-0.4, -0.2) is 10.1 Å². The predicted octanol–water partition coefficient (Wildman–Crippen LogP) is 2.99. The fraction of sp³-hybridized carbons (Fsp3) is 0.333. The second-order valence-electron chi connectivity index (χ2n) is 3.86. The van der Waals surface area contributed by atoms with E-state index in [1.807, 2.05) is 25.1 Å². The summed E-state index contributed by atoms with van der Waals surface area (Å²) in [6.07, 6.45) is 0. The molecule has 1 atom stereocenters. The predicted molar refractivity (Wildman–Crippen MR) is 68.4 cm³/mol. The first-order chi connectivity index (χ1) is 8.16. The van der Waals surface area contributed by atoms with Gasteiger partial charge in [0.15, 0.2) is 5.82 Å². The summed E-state index contributed by atoms with van der Waals surface area (Å²) in [6.45, 7) is 4.48. The van der Waals surface area contributed by atoms with Gasteiger partial charge in [0.2, 0.25) is 5.89 Å². The van der Waals surface area contributed by atoms with Crippen molar-refractivity contribution in [2.75, 3.05) is 0 Å². The van der Waals surface area contributed by atoms with Gasteiger partial charge in [-0.05, 0) is 25.5 Å². The maximum atomic E-state index is 5.05. The number of hydrogen-bond acceptors (Lipinski definition) is 4. The molecule has 0 saturated heterocycles. The minimum Gasteiger partial charge on any atom is -0.338 e. The van der Waals surface area contributed by atoms with E-state index in [0.29, 0.717) is 18.3 Å². The SMILES string of the molecule is Cc1noc(CNC(C)c2ccccc2Br)n1. The minimum absolute atomic E-state index is 0.220. The van der Waals surface area contributed by atoms with Crippen molar-refractivity contribution in [1.29, 1.82) is 0 Å². The summed E-state index contributed by atoms with van der Waals surface area (Å²) < 4.78 is 6.14. The van der Waals surface area contributed by atoms with Gasteiger partial charge in [0.1, 0.15) is 0 Å². The van der Waals surface area contributed by atoms with Crippen molar-refractivity contribution < 1.29 is 4.52 Å². The van der Waals surface area contributed by atoms with Crippen LogP contribution in [0.5, 0.6) is 0 Å². The molecule has 1 unspecified atom stereocenters. The number of aromatic nitrogens is 2. The van der Waals surface area contributed by atoms with Crippen LogP contribution < -0.4 is 5.32 Å². The molecule has 0 aliphatic heterocycles. The van der Waals surface area contributed by atoms with Crippen LogP contribution in [0, 0.1) is 6.92 Å². The molecule has 5 heteroatoms. The van der Waals surface area contributed by atoms with Crippen molar-refractivity contribution in [3.8, 4) is 0 Å². The number of benzene rings is 1. The van der Waals surface area contributed by atoms with Crippen molar-refractivity contribution >= 4 is 15.9 Å². The molecule has 1 aromatic carbocycles. The normalized spacial score (nSPS) is 12.6. The summed E-state index contributed by atoms with van der Waals surface area (Å²) in [5, 5.41) is 7.09. The van der Waals surface area contributed by atoms with Crippen LogP contribution in [0.4, 0.5) is 0 Å². The number of halogens is 1. The fourth-order valence-corrected chi connectivity index (χ4v) is 2.22. The molecule has 1 aromatic heterocycles. The summed E-state index contributed by atoms with van der Waals surface area (Å²) in [5.41, 5.74) is 1.21. The van der Waals surface area contributed by atoms with Gasteiger partial charge in [0, 0.05) is 10.5 Å². The van der Waals surface area contributed by atoms with Gasteiger partial charge < -0.3 is 9.84 Å². The Kier molecular flexibility index (Phi) is 3.91. The molecular weight excluding hydrogens is 282 g/mol. The van der Waals surface area contributed by atoms with Crippen molar-refractivity contribution in [2.24, 2.45) is 0 Å². The number of aryl methyl sites for hydroxylation is 1. The topological polar surface area (TPSA) is 51.0 Å². The second kappa shape index (κ2) is 5.42. The van der Waals surface area contributed by atoms with Crippen LogP contribution in [0.3, 0.4) is 0 Å². The lowest BCUT2D eigenvalue weighted by molar-refractivity contribution is 0.357. The first-order valence-corrected chi connectivity index (χ1v) is 6.23. The number of nitrogens with one attached hydrogen (secondary N) is 1. The molecular formula is C12H14BrN3O. The highest BCUT2D eigenvalue weighted by molar-refractivity contribution is 9.10. The maximum Gasteiger partial charge on any atom is 0.240 e. The highest BCUT2D eigenvalue weighted by Crippen LogP contribution is 2.22. The Morgan fingerprint density at radius 2 is 2.18 bits per heavy atom. The standard InChI is InChI=1S/C12H14BrN3O/c1-8(10-5-3-4-6-11(10)13)14-7-12-15-9(2)16-17-12/h3-6,8,14H,7H2,1-2H3. The third-order valence-corrected chi connectivity index (χ3v) is 3.22. The first-order valence-electron chi connectivity index (χ1n) is 5.44. The van der Waals surface area contributed by atoms with Crippen molar-refractivity contribution in [3.63, 3.8) is 0 Å². The third-order valence-electron chi connectivity index (χ3n) is 2.50. The van der Waals surface area contributed by atoms with Gasteiger partial charge in [-0.25, -0.2) is 0 Å². The van der Waals surface area contributed by atoms with Gasteiger partial charge in [-0.15, -0.1) is 0 Å². The highest BCUT2D eigenvalue weighted by Gasteiger charge is 2.10. The molecule has 0 fully saturated rings. The average Bonchev–Trinajstić information content (AvgIpc) is 2.73. The summed E-state index contributed by atoms with van der Waals surface area (Å²) in [5.74, 6) is 1.27. The monoisotopic (exact) mass is 295 g/mol. The molecule has 1 N–H and O–H groups in total. The van der Waals surface area contributed by atoms with Crippen molar-refractivity contribution in [2.45, 2.75) is 26.4 Å². The van der Waals surface area contributed by atoms with Crippen LogP contribution in [0.25, 0.3) is 0 Å². The van der Waals surface area contributed by atoms with Crippen LogP contribution in [0.15, 0.2) is 33.3 Å². The smallest absolute Gasteiger partial charge is 0.240 e. The van der Waals surface area contributed by atoms with E-state index in [1.54, 1.807) is 0 Å². The lowest BCUT2D eigenvalue weighted by atomic mass is 10.1. The lowest BCUT2D eigenvalue weighted by Crippen LogP contribution is -2.18. The van der Waals surface area contributed by atoms with E-state index in [2.05, 4.69) is 44.4 Å². The second-order valence-corrected chi connectivity index (χ2v) is 4.71. The Balaban J connectivity index is 1.98. The Labute approximate surface area is 109 Å². The Hall–Kier alpha value is -1.20. The molecule has 2 rings (SSSR count). The van der Waals surface area contributed by atoms with E-state index in [-0.39, 0.29) is 6.04 Å². The highest BCUT2D eigenvalue weighted by atomic mass is 79.9. The number of hydrogen-bond donors (Lipinski definition) is 1. The zero-order valence-electron chi connectivity index (χ0n) is 9.77. The molecule has 90 valence electrons. The van der Waals surface area contributed by atoms with Gasteiger partial charge >= 0.3 is 0 Å². The zero-order chi connectivity index (χ0) is 12.3. The Morgan fingerprint density at radius 3 is 2.82 bits per heavy atom. The summed E-state index contributed by atoms with van der Waals surface area (Å²) in [6, 6.07) is 8.36. The summed E-state index contributed by atoms with van der Waals surface area (Å²) in [4.78, 5) is 4.15. The first kappa shape index (κ1) is 12.3. The van der Waals surface area contributed by atoms with E-state index in [4.69, 9.17) is 4.52 Å². The molecule has 4 nitrogen and oxygen atoms in total. The van der Waals surface area contributed by atoms with Crippen LogP contribution in [0.1, 0.15) is 30.2 Å². The zero-order valence-corrected chi connectivity index (χ0v) is 11.4. The Bertz CT molecular complexity index is 498. The van der Waals surface area contributed by atoms with Crippen LogP contribution in [-0.2, 0) is 6.54 Å². The van der Waals surface area contributed by atoms with E-state index in [0.717, 1.165) is 4.47 Å². The van der Waals surface area contributed by atoms with Crippen molar-refractivity contribution in [1.82, 2.24) is 15.5 Å². The molecule has 0 spiro atoms. The molecule has 0 radical (unpaired) electrons. The molecule has 0 aliphatic rings. The molecule has 1 heterocycles. The molecule has 0 amide bonds. The molecule has 0 saturated carbocycles. The van der Waals surface area contributed by atoms with Crippen LogP contribution in [0.2, 0.25) is 0 Å².